The van der Waals surface area contributed by atoms with Gasteiger partial charge in [-0.3, -0.25) is 9.88 Å². The fraction of sp³-hybridized carbons (Fsp3) is 0.394. The van der Waals surface area contributed by atoms with Gasteiger partial charge in [0.15, 0.2) is 23.1 Å². The lowest BCUT2D eigenvalue weighted by molar-refractivity contribution is -0.193. The molecule has 2 fully saturated rings. The average molecular weight is 751 g/mol. The van der Waals surface area contributed by atoms with Crippen LogP contribution in [0.15, 0.2) is 60.8 Å². The maximum atomic E-state index is 13.6. The second kappa shape index (κ2) is 17.3. The molecule has 1 aromatic heterocycles. The summed E-state index contributed by atoms with van der Waals surface area (Å²) in [5.74, 6) is -6.08. The summed E-state index contributed by atoms with van der Waals surface area (Å²) in [6.45, 7) is 1.62. The minimum absolute atomic E-state index is 0.0807. The van der Waals surface area contributed by atoms with Crippen LogP contribution in [0.1, 0.15) is 36.9 Å². The Morgan fingerprint density at radius 1 is 0.885 bits per heavy atom. The van der Waals surface area contributed by atoms with E-state index in [0.717, 1.165) is 50.1 Å². The number of urea groups is 1. The van der Waals surface area contributed by atoms with Gasteiger partial charge in [-0.2, -0.15) is 26.3 Å². The Labute approximate surface area is 291 Å². The summed E-state index contributed by atoms with van der Waals surface area (Å²) in [6.07, 6.45) is -4.98. The van der Waals surface area contributed by atoms with E-state index in [0.29, 0.717) is 18.0 Å². The van der Waals surface area contributed by atoms with Crippen molar-refractivity contribution in [3.05, 3.63) is 83.7 Å². The zero-order valence-corrected chi connectivity index (χ0v) is 27.5. The van der Waals surface area contributed by atoms with Gasteiger partial charge in [-0.05, 0) is 74.2 Å². The summed E-state index contributed by atoms with van der Waals surface area (Å²) in [5, 5.41) is 19.9. The lowest BCUT2D eigenvalue weighted by atomic mass is 9.65. The van der Waals surface area contributed by atoms with E-state index in [1.807, 2.05) is 24.3 Å². The molecule has 2 amide bonds. The predicted molar refractivity (Wildman–Crippen MR) is 168 cm³/mol. The highest BCUT2D eigenvalue weighted by Crippen LogP contribution is 2.50. The Morgan fingerprint density at radius 2 is 1.52 bits per heavy atom. The molecular formula is C33H34F8N4O7. The Kier molecular flexibility index (Phi) is 13.7. The van der Waals surface area contributed by atoms with Gasteiger partial charge in [0.25, 0.3) is 0 Å². The summed E-state index contributed by atoms with van der Waals surface area (Å²) in [5.41, 5.74) is 2.30. The van der Waals surface area contributed by atoms with Gasteiger partial charge < -0.3 is 30.3 Å². The Bertz CT molecular complexity index is 1670. The SMILES string of the molecule is COc1ccc(C23CCC(NC(=O)Nc4ccc(F)c(F)c4)CC2N(Cc2ccccn2)CC3)cc1OC.O=C(O)C(F)(F)F.O=C(O)C(F)(F)F. The van der Waals surface area contributed by atoms with E-state index in [-0.39, 0.29) is 23.2 Å². The van der Waals surface area contributed by atoms with Crippen LogP contribution in [0.25, 0.3) is 0 Å². The molecule has 2 aliphatic rings. The number of carboxylic acids is 2. The molecule has 3 aromatic rings. The summed E-state index contributed by atoms with van der Waals surface area (Å²) >= 11 is 0. The average Bonchev–Trinajstić information content (AvgIpc) is 3.44. The number of carboxylic acid groups (broad SMARTS) is 2. The van der Waals surface area contributed by atoms with Gasteiger partial charge in [-0.1, -0.05) is 12.1 Å². The van der Waals surface area contributed by atoms with Crippen molar-refractivity contribution in [2.24, 2.45) is 0 Å². The van der Waals surface area contributed by atoms with Crippen molar-refractivity contribution in [1.29, 1.82) is 0 Å². The largest absolute Gasteiger partial charge is 0.493 e. The second-order valence-electron chi connectivity index (χ2n) is 11.6. The van der Waals surface area contributed by atoms with Crippen molar-refractivity contribution in [2.75, 3.05) is 26.1 Å². The number of carbonyl (C=O) groups is 3. The predicted octanol–water partition coefficient (Wildman–Crippen LogP) is 6.53. The molecule has 1 aliphatic carbocycles. The number of amides is 2. The van der Waals surface area contributed by atoms with E-state index < -0.39 is 42.0 Å². The van der Waals surface area contributed by atoms with Crippen LogP contribution in [-0.2, 0) is 21.5 Å². The van der Waals surface area contributed by atoms with Crippen LogP contribution in [0.5, 0.6) is 11.5 Å². The molecule has 284 valence electrons. The number of likely N-dealkylation sites (tertiary alicyclic amines) is 1. The number of halogens is 8. The molecule has 3 unspecified atom stereocenters. The van der Waals surface area contributed by atoms with Crippen LogP contribution in [0.3, 0.4) is 0 Å². The molecule has 0 spiro atoms. The van der Waals surface area contributed by atoms with E-state index in [4.69, 9.17) is 29.3 Å². The van der Waals surface area contributed by atoms with Crippen LogP contribution in [0.2, 0.25) is 0 Å². The standard InChI is InChI=1S/C29H32F2N4O3.2C2HF3O2/c1-37-25-9-6-19(15-26(25)38-2)29-11-10-21(34-28(36)33-20-7-8-23(30)24(31)16-20)17-27(29)35(14-12-29)18-22-5-3-4-13-32-22;2*3-2(4,5)1(6)7/h3-9,13,15-16,21,27H,10-12,14,17-18H2,1-2H3,(H2,33,34,36);2*(H,6,7). The van der Waals surface area contributed by atoms with Gasteiger partial charge in [0.2, 0.25) is 0 Å². The Balaban J connectivity index is 0.000000441. The van der Waals surface area contributed by atoms with Crippen molar-refractivity contribution in [1.82, 2.24) is 15.2 Å². The number of rotatable bonds is 7. The van der Waals surface area contributed by atoms with Gasteiger partial charge >= 0.3 is 30.3 Å². The molecule has 5 rings (SSSR count). The molecule has 0 radical (unpaired) electrons. The third kappa shape index (κ3) is 10.9. The minimum atomic E-state index is -5.08. The van der Waals surface area contributed by atoms with Gasteiger partial charge in [0.1, 0.15) is 0 Å². The van der Waals surface area contributed by atoms with Gasteiger partial charge in [-0.15, -0.1) is 0 Å². The molecule has 1 aliphatic heterocycles. The monoisotopic (exact) mass is 750 g/mol. The van der Waals surface area contributed by atoms with E-state index >= 15 is 0 Å². The van der Waals surface area contributed by atoms with E-state index in [1.165, 1.54) is 11.6 Å². The van der Waals surface area contributed by atoms with Crippen LogP contribution in [0.4, 0.5) is 45.6 Å². The lowest BCUT2D eigenvalue weighted by Gasteiger charge is -2.45. The fourth-order valence-corrected chi connectivity index (χ4v) is 6.07. The first-order chi connectivity index (χ1) is 24.3. The molecule has 11 nitrogen and oxygen atoms in total. The number of carbonyl (C=O) groups excluding carboxylic acids is 1. The summed E-state index contributed by atoms with van der Waals surface area (Å²) in [4.78, 5) is 37.5. The van der Waals surface area contributed by atoms with Crippen molar-refractivity contribution in [3.63, 3.8) is 0 Å². The number of aromatic nitrogens is 1. The van der Waals surface area contributed by atoms with Gasteiger partial charge in [0.05, 0.1) is 19.9 Å². The maximum absolute atomic E-state index is 13.6. The number of hydrogen-bond donors (Lipinski definition) is 4. The molecule has 4 N–H and O–H groups in total. The second-order valence-corrected chi connectivity index (χ2v) is 11.6. The van der Waals surface area contributed by atoms with Crippen LogP contribution < -0.4 is 20.1 Å². The zero-order chi connectivity index (χ0) is 38.9. The normalized spacial score (nSPS) is 19.8. The topological polar surface area (TPSA) is 150 Å². The molecule has 3 atom stereocenters. The minimum Gasteiger partial charge on any atom is -0.493 e. The fourth-order valence-electron chi connectivity index (χ4n) is 6.07. The number of benzene rings is 2. The Morgan fingerprint density at radius 3 is 2.06 bits per heavy atom. The number of anilines is 1. The van der Waals surface area contributed by atoms with Crippen LogP contribution in [-0.4, -0.2) is 83.3 Å². The smallest absolute Gasteiger partial charge is 0.490 e. The van der Waals surface area contributed by atoms with Crippen molar-refractivity contribution >= 4 is 23.7 Å². The highest BCUT2D eigenvalue weighted by atomic mass is 19.4. The molecule has 1 saturated heterocycles. The number of nitrogens with one attached hydrogen (secondary N) is 2. The highest BCUT2D eigenvalue weighted by Gasteiger charge is 2.52. The first-order valence-corrected chi connectivity index (χ1v) is 15.3. The molecule has 19 heteroatoms. The van der Waals surface area contributed by atoms with Crippen molar-refractivity contribution in [3.8, 4) is 11.5 Å². The van der Waals surface area contributed by atoms with E-state index in [2.05, 4.69) is 32.7 Å². The summed E-state index contributed by atoms with van der Waals surface area (Å²) in [7, 11) is 3.27. The number of pyridine rings is 1. The summed E-state index contributed by atoms with van der Waals surface area (Å²) in [6, 6.07) is 15.1. The maximum Gasteiger partial charge on any atom is 0.490 e. The highest BCUT2D eigenvalue weighted by molar-refractivity contribution is 5.89. The number of nitrogens with zero attached hydrogens (tertiary/aromatic N) is 2. The summed E-state index contributed by atoms with van der Waals surface area (Å²) < 4.78 is 101. The van der Waals surface area contributed by atoms with Crippen LogP contribution >= 0.6 is 0 Å². The molecular weight excluding hydrogens is 716 g/mol. The molecule has 2 aromatic carbocycles. The molecule has 2 heterocycles. The number of aliphatic carboxylic acids is 2. The third-order valence-corrected chi connectivity index (χ3v) is 8.42. The number of alkyl halides is 6. The van der Waals surface area contributed by atoms with Gasteiger partial charge in [0, 0.05) is 42.0 Å². The lowest BCUT2D eigenvalue weighted by Crippen LogP contribution is -2.52. The number of methoxy groups -OCH3 is 2. The third-order valence-electron chi connectivity index (χ3n) is 8.42. The number of hydrogen-bond acceptors (Lipinski definition) is 7. The number of fused-ring (bicyclic) bond motifs is 1. The molecule has 1 saturated carbocycles. The molecule has 52 heavy (non-hydrogen) atoms. The van der Waals surface area contributed by atoms with Crippen molar-refractivity contribution in [2.45, 2.75) is 62.1 Å². The van der Waals surface area contributed by atoms with Crippen LogP contribution in [0, 0.1) is 11.6 Å². The number of ether oxygens (including phenoxy) is 2. The zero-order valence-electron chi connectivity index (χ0n) is 27.5. The molecule has 0 bridgehead atoms. The van der Waals surface area contributed by atoms with E-state index in [9.17, 15) is 39.9 Å². The first kappa shape index (κ1) is 41.2. The van der Waals surface area contributed by atoms with Crippen molar-refractivity contribution < 1.29 is 69.2 Å². The van der Waals surface area contributed by atoms with Gasteiger partial charge in [-0.25, -0.2) is 23.2 Å². The van der Waals surface area contributed by atoms with E-state index in [1.54, 1.807) is 20.4 Å². The quantitative estimate of drug-likeness (QED) is 0.198. The Hall–Kier alpha value is -5.20. The first-order valence-electron chi connectivity index (χ1n) is 15.3.